The molecule has 0 amide bonds. The van der Waals surface area contributed by atoms with Gasteiger partial charge in [-0.05, 0) is 25.3 Å². The molecule has 0 aromatic rings. The summed E-state index contributed by atoms with van der Waals surface area (Å²) < 4.78 is 0. The fourth-order valence-corrected chi connectivity index (χ4v) is 0.589. The smallest absolute Gasteiger partial charge is 0.120 e. The van der Waals surface area contributed by atoms with E-state index in [0.717, 1.165) is 19.3 Å². The molecule has 0 bridgehead atoms. The zero-order chi connectivity index (χ0) is 6.24. The standard InChI is InChI=1S/C6H9ClO/c7-5-3-1-2-4-6-8/h4H,1-3,5H2. The summed E-state index contributed by atoms with van der Waals surface area (Å²) in [6.45, 7) is 0. The van der Waals surface area contributed by atoms with Crippen LogP contribution in [0.3, 0.4) is 0 Å². The van der Waals surface area contributed by atoms with Gasteiger partial charge < -0.3 is 0 Å². The Hall–Kier alpha value is -0.260. The number of allylic oxidation sites excluding steroid dienone is 1. The minimum Gasteiger partial charge on any atom is -0.234 e. The second-order valence-electron chi connectivity index (χ2n) is 1.51. The summed E-state index contributed by atoms with van der Waals surface area (Å²) in [6.07, 6.45) is 4.29. The SMILES string of the molecule is O=C=CCCCCCl. The highest BCUT2D eigenvalue weighted by Gasteiger charge is 1.80. The third-order valence-corrected chi connectivity index (χ3v) is 1.08. The van der Waals surface area contributed by atoms with Gasteiger partial charge in [0.05, 0.1) is 0 Å². The predicted molar refractivity (Wildman–Crippen MR) is 34.8 cm³/mol. The lowest BCUT2D eigenvalue weighted by Gasteiger charge is -1.85. The van der Waals surface area contributed by atoms with Crippen molar-refractivity contribution in [3.05, 3.63) is 6.08 Å². The molecular weight excluding hydrogens is 124 g/mol. The minimum absolute atomic E-state index is 0.687. The Labute approximate surface area is 54.3 Å². The molecule has 0 aliphatic rings. The van der Waals surface area contributed by atoms with Crippen molar-refractivity contribution < 1.29 is 4.79 Å². The fourth-order valence-electron chi connectivity index (χ4n) is 0.400. The minimum atomic E-state index is 0.687. The van der Waals surface area contributed by atoms with Crippen LogP contribution in [0.1, 0.15) is 19.3 Å². The third-order valence-electron chi connectivity index (χ3n) is 0.815. The van der Waals surface area contributed by atoms with Crippen molar-refractivity contribution >= 4 is 17.5 Å². The summed E-state index contributed by atoms with van der Waals surface area (Å²) in [5.41, 5.74) is 0. The quantitative estimate of drug-likeness (QED) is 0.324. The predicted octanol–water partition coefficient (Wildman–Crippen LogP) is 1.78. The van der Waals surface area contributed by atoms with Crippen molar-refractivity contribution in [2.75, 3.05) is 5.88 Å². The van der Waals surface area contributed by atoms with Gasteiger partial charge in [0.25, 0.3) is 0 Å². The largest absolute Gasteiger partial charge is 0.234 e. The van der Waals surface area contributed by atoms with Crippen LogP contribution in [0.2, 0.25) is 0 Å². The van der Waals surface area contributed by atoms with Gasteiger partial charge in [0, 0.05) is 5.88 Å². The number of halogens is 1. The van der Waals surface area contributed by atoms with E-state index in [2.05, 4.69) is 0 Å². The van der Waals surface area contributed by atoms with Crippen molar-refractivity contribution in [3.8, 4) is 0 Å². The Morgan fingerprint density at radius 2 is 2.25 bits per heavy atom. The molecule has 0 aliphatic carbocycles. The molecule has 0 rings (SSSR count). The van der Waals surface area contributed by atoms with Crippen LogP contribution >= 0.6 is 11.6 Å². The number of alkyl halides is 1. The van der Waals surface area contributed by atoms with E-state index in [1.165, 1.54) is 6.08 Å². The van der Waals surface area contributed by atoms with Gasteiger partial charge in [-0.15, -0.1) is 11.6 Å². The number of hydrogen-bond donors (Lipinski definition) is 0. The molecule has 0 heterocycles. The first kappa shape index (κ1) is 7.74. The van der Waals surface area contributed by atoms with Gasteiger partial charge in [-0.1, -0.05) is 0 Å². The molecule has 0 radical (unpaired) electrons. The molecule has 0 saturated heterocycles. The molecule has 0 fully saturated rings. The van der Waals surface area contributed by atoms with Gasteiger partial charge in [0.1, 0.15) is 5.94 Å². The first-order valence-electron chi connectivity index (χ1n) is 2.67. The first-order chi connectivity index (χ1) is 3.91. The molecule has 0 aliphatic heterocycles. The van der Waals surface area contributed by atoms with E-state index < -0.39 is 0 Å². The van der Waals surface area contributed by atoms with Crippen molar-refractivity contribution in [2.24, 2.45) is 0 Å². The van der Waals surface area contributed by atoms with Gasteiger partial charge in [-0.2, -0.15) is 0 Å². The zero-order valence-electron chi connectivity index (χ0n) is 4.69. The van der Waals surface area contributed by atoms with Crippen LogP contribution in [0.25, 0.3) is 0 Å². The molecule has 0 aromatic heterocycles. The summed E-state index contributed by atoms with van der Waals surface area (Å²) in [6, 6.07) is 0. The lowest BCUT2D eigenvalue weighted by atomic mass is 10.2. The van der Waals surface area contributed by atoms with Crippen LogP contribution in [-0.4, -0.2) is 11.8 Å². The van der Waals surface area contributed by atoms with E-state index in [9.17, 15) is 4.79 Å². The van der Waals surface area contributed by atoms with E-state index in [1.807, 2.05) is 0 Å². The maximum absolute atomic E-state index is 9.55. The first-order valence-corrected chi connectivity index (χ1v) is 3.20. The summed E-state index contributed by atoms with van der Waals surface area (Å²) in [4.78, 5) is 9.55. The number of carbonyl (C=O) groups excluding carboxylic acids is 1. The Kier molecular flexibility index (Phi) is 6.52. The van der Waals surface area contributed by atoms with Crippen LogP contribution in [0.4, 0.5) is 0 Å². The number of hydrogen-bond acceptors (Lipinski definition) is 1. The Bertz CT molecular complexity index is 84.5. The maximum atomic E-state index is 9.55. The van der Waals surface area contributed by atoms with Gasteiger partial charge in [0.2, 0.25) is 0 Å². The summed E-state index contributed by atoms with van der Waals surface area (Å²) >= 11 is 5.37. The average molecular weight is 133 g/mol. The topological polar surface area (TPSA) is 17.1 Å². The molecule has 0 unspecified atom stereocenters. The zero-order valence-corrected chi connectivity index (χ0v) is 5.45. The van der Waals surface area contributed by atoms with Gasteiger partial charge >= 0.3 is 0 Å². The average Bonchev–Trinajstić information content (AvgIpc) is 1.81. The maximum Gasteiger partial charge on any atom is 0.120 e. The second kappa shape index (κ2) is 6.74. The van der Waals surface area contributed by atoms with E-state index in [1.54, 1.807) is 5.94 Å². The molecule has 8 heavy (non-hydrogen) atoms. The highest BCUT2D eigenvalue weighted by Crippen LogP contribution is 1.95. The molecule has 0 saturated carbocycles. The Morgan fingerprint density at radius 1 is 1.50 bits per heavy atom. The van der Waals surface area contributed by atoms with Crippen molar-refractivity contribution in [2.45, 2.75) is 19.3 Å². The molecule has 0 atom stereocenters. The molecule has 2 heteroatoms. The monoisotopic (exact) mass is 132 g/mol. The van der Waals surface area contributed by atoms with Crippen molar-refractivity contribution in [1.29, 1.82) is 0 Å². The second-order valence-corrected chi connectivity index (χ2v) is 1.88. The van der Waals surface area contributed by atoms with E-state index in [4.69, 9.17) is 11.6 Å². The summed E-state index contributed by atoms with van der Waals surface area (Å²) in [5.74, 6) is 2.40. The van der Waals surface area contributed by atoms with Gasteiger partial charge in [-0.25, -0.2) is 4.79 Å². The number of rotatable bonds is 4. The van der Waals surface area contributed by atoms with Crippen LogP contribution in [0.15, 0.2) is 6.08 Å². The summed E-state index contributed by atoms with van der Waals surface area (Å²) in [7, 11) is 0. The Balaban J connectivity index is 2.82. The van der Waals surface area contributed by atoms with Crippen LogP contribution in [0.5, 0.6) is 0 Å². The molecule has 46 valence electrons. The van der Waals surface area contributed by atoms with Crippen molar-refractivity contribution in [3.63, 3.8) is 0 Å². The van der Waals surface area contributed by atoms with Crippen molar-refractivity contribution in [1.82, 2.24) is 0 Å². The lowest BCUT2D eigenvalue weighted by molar-refractivity contribution is 0.567. The highest BCUT2D eigenvalue weighted by atomic mass is 35.5. The lowest BCUT2D eigenvalue weighted by Crippen LogP contribution is -1.73. The van der Waals surface area contributed by atoms with Gasteiger partial charge in [-0.3, -0.25) is 0 Å². The molecular formula is C6H9ClO. The van der Waals surface area contributed by atoms with Gasteiger partial charge in [0.15, 0.2) is 0 Å². The highest BCUT2D eigenvalue weighted by molar-refractivity contribution is 6.17. The summed E-state index contributed by atoms with van der Waals surface area (Å²) in [5, 5.41) is 0. The molecule has 0 spiro atoms. The Morgan fingerprint density at radius 3 is 2.75 bits per heavy atom. The van der Waals surface area contributed by atoms with E-state index in [0.29, 0.717) is 5.88 Å². The van der Waals surface area contributed by atoms with E-state index in [-0.39, 0.29) is 0 Å². The van der Waals surface area contributed by atoms with Crippen LogP contribution in [0, 0.1) is 0 Å². The van der Waals surface area contributed by atoms with Crippen LogP contribution < -0.4 is 0 Å². The molecule has 0 aromatic carbocycles. The van der Waals surface area contributed by atoms with E-state index >= 15 is 0 Å². The number of unbranched alkanes of at least 4 members (excludes halogenated alkanes) is 2. The normalized spacial score (nSPS) is 8.12. The molecule has 0 N–H and O–H groups in total. The van der Waals surface area contributed by atoms with Crippen LogP contribution in [-0.2, 0) is 4.79 Å². The molecule has 1 nitrogen and oxygen atoms in total. The third kappa shape index (κ3) is 5.74. The fraction of sp³-hybridized carbons (Fsp3) is 0.667.